The fourth-order valence-electron chi connectivity index (χ4n) is 4.15. The van der Waals surface area contributed by atoms with E-state index in [0.29, 0.717) is 17.1 Å². The Kier molecular flexibility index (Phi) is 6.80. The van der Waals surface area contributed by atoms with E-state index in [4.69, 9.17) is 4.74 Å². The van der Waals surface area contributed by atoms with Crippen LogP contribution in [0.2, 0.25) is 0 Å². The van der Waals surface area contributed by atoms with E-state index in [-0.39, 0.29) is 30.3 Å². The summed E-state index contributed by atoms with van der Waals surface area (Å²) in [5.74, 6) is -0.430. The van der Waals surface area contributed by atoms with Gasteiger partial charge < -0.3 is 10.1 Å². The topological polar surface area (TPSA) is 139 Å². The van der Waals surface area contributed by atoms with Crippen LogP contribution in [0.3, 0.4) is 0 Å². The molecule has 11 heteroatoms. The Balaban J connectivity index is 1.24. The molecule has 0 saturated heterocycles. The molecule has 0 spiro atoms. The number of esters is 1. The van der Waals surface area contributed by atoms with Crippen LogP contribution >= 0.6 is 0 Å². The quantitative estimate of drug-likeness (QED) is 0.263. The molecule has 1 aliphatic rings. The van der Waals surface area contributed by atoms with Gasteiger partial charge in [-0.25, -0.2) is 9.97 Å². The summed E-state index contributed by atoms with van der Waals surface area (Å²) in [7, 11) is 0. The molecule has 2 amide bonds. The second-order valence-electron chi connectivity index (χ2n) is 10.3. The molecule has 0 bridgehead atoms. The zero-order chi connectivity index (χ0) is 28.6. The highest BCUT2D eigenvalue weighted by Gasteiger charge is 2.38. The summed E-state index contributed by atoms with van der Waals surface area (Å²) in [6.07, 6.45) is 1.15. The van der Waals surface area contributed by atoms with Crippen molar-refractivity contribution in [3.05, 3.63) is 82.4 Å². The van der Waals surface area contributed by atoms with E-state index in [9.17, 15) is 19.2 Å². The lowest BCUT2D eigenvalue weighted by molar-refractivity contribution is -0.155. The maximum atomic E-state index is 13.1. The van der Waals surface area contributed by atoms with Crippen molar-refractivity contribution in [3.8, 4) is 17.1 Å². The summed E-state index contributed by atoms with van der Waals surface area (Å²) >= 11 is 0. The maximum absolute atomic E-state index is 13.1. The third-order valence-electron chi connectivity index (χ3n) is 6.07. The first-order chi connectivity index (χ1) is 19.0. The molecule has 2 N–H and O–H groups in total. The summed E-state index contributed by atoms with van der Waals surface area (Å²) in [6, 6.07) is 16.5. The van der Waals surface area contributed by atoms with Crippen LogP contribution in [-0.2, 0) is 14.3 Å². The highest BCUT2D eigenvalue weighted by atomic mass is 16.6. The SMILES string of the molecule is Cc1[nH]n(-c2ccc(C(=O)N3c4ccc(-c5ccccc5)nc43)cn2)c(=O)c1NC(=O)CCC(=O)OC(C)(C)C. The molecular weight excluding hydrogens is 512 g/mol. The maximum Gasteiger partial charge on any atom is 0.306 e. The molecular formula is C29H28N6O5. The molecule has 3 aromatic heterocycles. The second-order valence-corrected chi connectivity index (χ2v) is 10.3. The predicted octanol–water partition coefficient (Wildman–Crippen LogP) is 4.28. The molecule has 40 heavy (non-hydrogen) atoms. The Morgan fingerprint density at radius 3 is 2.42 bits per heavy atom. The van der Waals surface area contributed by atoms with Gasteiger partial charge in [0.1, 0.15) is 11.3 Å². The van der Waals surface area contributed by atoms with E-state index in [0.717, 1.165) is 16.9 Å². The van der Waals surface area contributed by atoms with Crippen molar-refractivity contribution in [1.29, 1.82) is 0 Å². The number of fused-ring (bicyclic) bond motifs is 1. The first-order valence-corrected chi connectivity index (χ1v) is 12.7. The molecule has 11 nitrogen and oxygen atoms in total. The lowest BCUT2D eigenvalue weighted by Gasteiger charge is -2.19. The van der Waals surface area contributed by atoms with Crippen molar-refractivity contribution in [2.75, 3.05) is 10.2 Å². The van der Waals surface area contributed by atoms with Crippen LogP contribution in [0.1, 0.15) is 49.7 Å². The van der Waals surface area contributed by atoms with Gasteiger partial charge in [-0.15, -0.1) is 0 Å². The number of H-pyrrole nitrogens is 1. The molecule has 204 valence electrons. The normalized spacial score (nSPS) is 12.1. The molecule has 0 atom stereocenters. The van der Waals surface area contributed by atoms with Crippen molar-refractivity contribution in [2.45, 2.75) is 46.1 Å². The molecule has 1 aromatic carbocycles. The summed E-state index contributed by atoms with van der Waals surface area (Å²) in [5.41, 5.74) is 2.10. The average Bonchev–Trinajstić information content (AvgIpc) is 3.58. The standard InChI is InChI=1S/C29H28N6O5/c1-17-25(32-23(36)14-15-24(37)40-29(2,3)4)28(39)35(33-17)22-13-10-19(16-30-22)27(38)34-21-12-11-20(31-26(21)34)18-8-6-5-7-9-18/h5-13,16,33H,14-15H2,1-4H3,(H,32,36). The Morgan fingerprint density at radius 1 is 1.00 bits per heavy atom. The lowest BCUT2D eigenvalue weighted by Crippen LogP contribution is -2.25. The molecule has 0 fully saturated rings. The average molecular weight is 541 g/mol. The number of aryl methyl sites for hydroxylation is 1. The van der Waals surface area contributed by atoms with Gasteiger partial charge >= 0.3 is 5.97 Å². The minimum atomic E-state index is -0.644. The number of aromatic nitrogens is 4. The molecule has 4 aromatic rings. The number of aromatic amines is 1. The van der Waals surface area contributed by atoms with Crippen molar-refractivity contribution in [1.82, 2.24) is 19.7 Å². The largest absolute Gasteiger partial charge is 0.460 e. The monoisotopic (exact) mass is 540 g/mol. The van der Waals surface area contributed by atoms with E-state index >= 15 is 0 Å². The van der Waals surface area contributed by atoms with Crippen LogP contribution in [-0.4, -0.2) is 43.1 Å². The Bertz CT molecular complexity index is 1670. The van der Waals surface area contributed by atoms with Gasteiger partial charge in [0.05, 0.1) is 29.1 Å². The number of benzene rings is 1. The van der Waals surface area contributed by atoms with Crippen molar-refractivity contribution in [2.24, 2.45) is 0 Å². The zero-order valence-corrected chi connectivity index (χ0v) is 22.5. The summed E-state index contributed by atoms with van der Waals surface area (Å²) in [6.45, 7) is 6.87. The van der Waals surface area contributed by atoms with Gasteiger partial charge in [-0.3, -0.25) is 29.2 Å². The van der Waals surface area contributed by atoms with Gasteiger partial charge in [-0.05, 0) is 52.0 Å². The zero-order valence-electron chi connectivity index (χ0n) is 22.5. The van der Waals surface area contributed by atoms with E-state index < -0.39 is 23.0 Å². The minimum Gasteiger partial charge on any atom is -0.460 e. The molecule has 0 saturated carbocycles. The number of pyridine rings is 2. The number of ether oxygens (including phenoxy) is 1. The molecule has 1 aliphatic heterocycles. The van der Waals surface area contributed by atoms with Crippen molar-refractivity contribution < 1.29 is 19.1 Å². The number of carbonyl (C=O) groups excluding carboxylic acids is 3. The molecule has 0 aliphatic carbocycles. The van der Waals surface area contributed by atoms with Crippen molar-refractivity contribution >= 4 is 35.0 Å². The van der Waals surface area contributed by atoms with Gasteiger partial charge in [0.2, 0.25) is 5.91 Å². The van der Waals surface area contributed by atoms with E-state index in [1.54, 1.807) is 33.8 Å². The number of hydrogen-bond donors (Lipinski definition) is 2. The number of hydrogen-bond acceptors (Lipinski definition) is 7. The first-order valence-electron chi connectivity index (χ1n) is 12.7. The molecule has 4 heterocycles. The third kappa shape index (κ3) is 5.53. The third-order valence-corrected chi connectivity index (χ3v) is 6.07. The summed E-state index contributed by atoms with van der Waals surface area (Å²) in [4.78, 5) is 60.7. The van der Waals surface area contributed by atoms with Crippen LogP contribution in [0.4, 0.5) is 17.2 Å². The van der Waals surface area contributed by atoms with E-state index in [1.165, 1.54) is 21.8 Å². The van der Waals surface area contributed by atoms with Crippen LogP contribution in [0.15, 0.2) is 65.6 Å². The highest BCUT2D eigenvalue weighted by Crippen LogP contribution is 2.47. The lowest BCUT2D eigenvalue weighted by atomic mass is 10.1. The van der Waals surface area contributed by atoms with E-state index in [1.807, 2.05) is 42.5 Å². The molecule has 0 unspecified atom stereocenters. The molecule has 0 radical (unpaired) electrons. The number of anilines is 3. The van der Waals surface area contributed by atoms with E-state index in [2.05, 4.69) is 20.4 Å². The van der Waals surface area contributed by atoms with Crippen LogP contribution in [0.25, 0.3) is 17.1 Å². The summed E-state index contributed by atoms with van der Waals surface area (Å²) in [5, 5.41) is 5.44. The Morgan fingerprint density at radius 2 is 1.75 bits per heavy atom. The minimum absolute atomic E-state index is 0.0518. The number of nitrogens with zero attached hydrogens (tertiary/aromatic N) is 4. The fraction of sp³-hybridized carbons (Fsp3) is 0.241. The second kappa shape index (κ2) is 10.3. The fourth-order valence-corrected chi connectivity index (χ4v) is 4.15. The van der Waals surface area contributed by atoms with Gasteiger partial charge in [0, 0.05) is 18.2 Å². The number of amides is 2. The number of carbonyl (C=O) groups is 3. The van der Waals surface area contributed by atoms with Gasteiger partial charge in [-0.1, -0.05) is 30.3 Å². The summed E-state index contributed by atoms with van der Waals surface area (Å²) < 4.78 is 6.38. The van der Waals surface area contributed by atoms with Gasteiger partial charge in [0.15, 0.2) is 11.6 Å². The van der Waals surface area contributed by atoms with Gasteiger partial charge in [0.25, 0.3) is 11.5 Å². The number of nitrogens with one attached hydrogen (secondary N) is 2. The van der Waals surface area contributed by atoms with Crippen LogP contribution < -0.4 is 15.8 Å². The first kappa shape index (κ1) is 26.5. The van der Waals surface area contributed by atoms with Gasteiger partial charge in [-0.2, -0.15) is 4.68 Å². The Labute approximate surface area is 229 Å². The Hall–Kier alpha value is -5.06. The molecule has 5 rings (SSSR count). The van der Waals surface area contributed by atoms with Crippen LogP contribution in [0.5, 0.6) is 0 Å². The smallest absolute Gasteiger partial charge is 0.306 e. The highest BCUT2D eigenvalue weighted by molar-refractivity contribution is 6.21. The van der Waals surface area contributed by atoms with Crippen molar-refractivity contribution in [3.63, 3.8) is 0 Å². The van der Waals surface area contributed by atoms with Crippen LogP contribution in [0, 0.1) is 6.92 Å². The number of rotatable bonds is 7. The predicted molar refractivity (Wildman–Crippen MR) is 149 cm³/mol.